The first-order valence-corrected chi connectivity index (χ1v) is 8.02. The molecular weight excluding hydrogens is 330 g/mol. The predicted octanol–water partition coefficient (Wildman–Crippen LogP) is 2.90. The fraction of sp³-hybridized carbons (Fsp3) is 0.562. The Morgan fingerprint density at radius 3 is 2.62 bits per heavy atom. The molecule has 0 amide bonds. The van der Waals surface area contributed by atoms with Crippen LogP contribution in [0.4, 0.5) is 0 Å². The Bertz CT molecular complexity index is 499. The summed E-state index contributed by atoms with van der Waals surface area (Å²) in [5.41, 5.74) is 1.18. The van der Waals surface area contributed by atoms with E-state index in [9.17, 15) is 0 Å². The summed E-state index contributed by atoms with van der Waals surface area (Å²) in [4.78, 5) is 4.28. The highest BCUT2D eigenvalue weighted by Crippen LogP contribution is 2.40. The van der Waals surface area contributed by atoms with E-state index in [1.807, 2.05) is 0 Å². The molecule has 0 aliphatic heterocycles. The Hall–Kier alpha value is -1.07. The van der Waals surface area contributed by atoms with Crippen molar-refractivity contribution in [3.05, 3.63) is 34.3 Å². The second-order valence-electron chi connectivity index (χ2n) is 6.03. The number of halogens is 1. The maximum Gasteiger partial charge on any atom is 0.191 e. The predicted molar refractivity (Wildman–Crippen MR) is 90.9 cm³/mol. The molecule has 4 nitrogen and oxygen atoms in total. The van der Waals surface area contributed by atoms with Crippen LogP contribution in [-0.2, 0) is 4.74 Å². The van der Waals surface area contributed by atoms with E-state index in [1.54, 1.807) is 14.2 Å². The van der Waals surface area contributed by atoms with Gasteiger partial charge in [-0.1, -0.05) is 28.1 Å². The summed E-state index contributed by atoms with van der Waals surface area (Å²) >= 11 is 3.47. The van der Waals surface area contributed by atoms with Gasteiger partial charge < -0.3 is 15.4 Å². The van der Waals surface area contributed by atoms with Gasteiger partial charge in [-0.05, 0) is 38.0 Å². The summed E-state index contributed by atoms with van der Waals surface area (Å²) in [6.07, 6.45) is 1.15. The quantitative estimate of drug-likeness (QED) is 0.631. The molecule has 0 radical (unpaired) electrons. The van der Waals surface area contributed by atoms with E-state index in [0.717, 1.165) is 23.4 Å². The van der Waals surface area contributed by atoms with Crippen LogP contribution in [0.1, 0.15) is 31.7 Å². The Balaban J connectivity index is 1.83. The number of hydrogen-bond acceptors (Lipinski definition) is 2. The van der Waals surface area contributed by atoms with Gasteiger partial charge in [-0.2, -0.15) is 0 Å². The Morgan fingerprint density at radius 1 is 1.38 bits per heavy atom. The van der Waals surface area contributed by atoms with Crippen molar-refractivity contribution in [2.45, 2.75) is 37.8 Å². The minimum absolute atomic E-state index is 0.202. The molecule has 1 fully saturated rings. The van der Waals surface area contributed by atoms with E-state index >= 15 is 0 Å². The summed E-state index contributed by atoms with van der Waals surface area (Å²) in [6.45, 7) is 4.82. The largest absolute Gasteiger partial charge is 0.377 e. The van der Waals surface area contributed by atoms with Gasteiger partial charge in [0.25, 0.3) is 0 Å². The van der Waals surface area contributed by atoms with Gasteiger partial charge in [0.15, 0.2) is 5.96 Å². The minimum Gasteiger partial charge on any atom is -0.377 e. The molecule has 1 aromatic rings. The molecule has 0 saturated heterocycles. The maximum atomic E-state index is 5.41. The molecule has 2 unspecified atom stereocenters. The van der Waals surface area contributed by atoms with Crippen molar-refractivity contribution in [3.8, 4) is 0 Å². The average Bonchev–Trinajstić information content (AvgIpc) is 3.23. The monoisotopic (exact) mass is 353 g/mol. The molecule has 1 aliphatic carbocycles. The lowest BCUT2D eigenvalue weighted by atomic mass is 10.1. The fourth-order valence-electron chi connectivity index (χ4n) is 2.17. The molecule has 2 rings (SSSR count). The summed E-state index contributed by atoms with van der Waals surface area (Å²) < 4.78 is 6.53. The molecule has 1 aliphatic rings. The van der Waals surface area contributed by atoms with Crippen molar-refractivity contribution in [1.82, 2.24) is 10.6 Å². The van der Waals surface area contributed by atoms with Gasteiger partial charge in [0, 0.05) is 37.1 Å². The molecule has 1 saturated carbocycles. The number of ether oxygens (including phenoxy) is 1. The Morgan fingerprint density at radius 2 is 2.05 bits per heavy atom. The van der Waals surface area contributed by atoms with Crippen LogP contribution in [-0.4, -0.2) is 38.3 Å². The lowest BCUT2D eigenvalue weighted by Crippen LogP contribution is -2.46. The third-order valence-electron chi connectivity index (χ3n) is 3.87. The van der Waals surface area contributed by atoms with E-state index in [4.69, 9.17) is 4.74 Å². The highest BCUT2D eigenvalue weighted by atomic mass is 79.9. The van der Waals surface area contributed by atoms with Crippen LogP contribution in [0.25, 0.3) is 0 Å². The van der Waals surface area contributed by atoms with Crippen LogP contribution in [0.3, 0.4) is 0 Å². The van der Waals surface area contributed by atoms with Gasteiger partial charge in [0.05, 0.1) is 5.60 Å². The number of rotatable bonds is 5. The summed E-state index contributed by atoms with van der Waals surface area (Å²) in [7, 11) is 3.52. The van der Waals surface area contributed by atoms with E-state index in [-0.39, 0.29) is 5.60 Å². The number of benzene rings is 1. The summed E-state index contributed by atoms with van der Waals surface area (Å²) in [6, 6.07) is 9.02. The SMILES string of the molecule is CN=C(NCC(C)(C)OC)NC1CC1c1ccc(Br)cc1. The minimum atomic E-state index is -0.202. The fourth-order valence-corrected chi connectivity index (χ4v) is 2.44. The highest BCUT2D eigenvalue weighted by molar-refractivity contribution is 9.10. The van der Waals surface area contributed by atoms with E-state index < -0.39 is 0 Å². The third-order valence-corrected chi connectivity index (χ3v) is 4.40. The smallest absolute Gasteiger partial charge is 0.191 e. The zero-order valence-electron chi connectivity index (χ0n) is 13.1. The van der Waals surface area contributed by atoms with Crippen LogP contribution in [0.5, 0.6) is 0 Å². The van der Waals surface area contributed by atoms with E-state index in [0.29, 0.717) is 12.0 Å². The molecule has 2 N–H and O–H groups in total. The van der Waals surface area contributed by atoms with E-state index in [2.05, 4.69) is 69.7 Å². The molecule has 0 aromatic heterocycles. The molecular formula is C16H24BrN3O. The molecule has 0 spiro atoms. The van der Waals surface area contributed by atoms with Crippen LogP contribution < -0.4 is 10.6 Å². The number of methoxy groups -OCH3 is 1. The first-order valence-electron chi connectivity index (χ1n) is 7.23. The zero-order valence-corrected chi connectivity index (χ0v) is 14.7. The molecule has 1 aromatic carbocycles. The Kier molecular flexibility index (Phi) is 5.27. The van der Waals surface area contributed by atoms with Crippen molar-refractivity contribution in [2.75, 3.05) is 20.7 Å². The number of aliphatic imine (C=N–C) groups is 1. The summed E-state index contributed by atoms with van der Waals surface area (Å²) in [5.74, 6) is 1.41. The lowest BCUT2D eigenvalue weighted by Gasteiger charge is -2.24. The number of nitrogens with one attached hydrogen (secondary N) is 2. The highest BCUT2D eigenvalue weighted by Gasteiger charge is 2.39. The number of nitrogens with zero attached hydrogens (tertiary/aromatic N) is 1. The van der Waals surface area contributed by atoms with Gasteiger partial charge >= 0.3 is 0 Å². The molecule has 0 bridgehead atoms. The molecule has 5 heteroatoms. The number of guanidine groups is 1. The molecule has 21 heavy (non-hydrogen) atoms. The van der Waals surface area contributed by atoms with Gasteiger partial charge in [-0.3, -0.25) is 4.99 Å². The van der Waals surface area contributed by atoms with Crippen molar-refractivity contribution < 1.29 is 4.74 Å². The normalized spacial score (nSPS) is 22.0. The number of hydrogen-bond donors (Lipinski definition) is 2. The van der Waals surface area contributed by atoms with Crippen LogP contribution in [0, 0.1) is 0 Å². The Labute approximate surface area is 135 Å². The topological polar surface area (TPSA) is 45.7 Å². The van der Waals surface area contributed by atoms with Crippen LogP contribution in [0.2, 0.25) is 0 Å². The van der Waals surface area contributed by atoms with Gasteiger partial charge in [-0.15, -0.1) is 0 Å². The maximum absolute atomic E-state index is 5.41. The summed E-state index contributed by atoms with van der Waals surface area (Å²) in [5, 5.41) is 6.79. The average molecular weight is 354 g/mol. The van der Waals surface area contributed by atoms with E-state index in [1.165, 1.54) is 5.56 Å². The van der Waals surface area contributed by atoms with Gasteiger partial charge in [0.1, 0.15) is 0 Å². The van der Waals surface area contributed by atoms with Crippen molar-refractivity contribution >= 4 is 21.9 Å². The second kappa shape index (κ2) is 6.79. The van der Waals surface area contributed by atoms with Crippen molar-refractivity contribution in [1.29, 1.82) is 0 Å². The molecule has 116 valence electrons. The standard InChI is InChI=1S/C16H24BrN3O/c1-16(2,21-4)10-19-15(18-3)20-14-9-13(14)11-5-7-12(17)8-6-11/h5-8,13-14H,9-10H2,1-4H3,(H2,18,19,20). The van der Waals surface area contributed by atoms with Crippen molar-refractivity contribution in [3.63, 3.8) is 0 Å². The lowest BCUT2D eigenvalue weighted by molar-refractivity contribution is 0.0268. The van der Waals surface area contributed by atoms with Crippen LogP contribution in [0.15, 0.2) is 33.7 Å². The zero-order chi connectivity index (χ0) is 15.5. The van der Waals surface area contributed by atoms with Crippen molar-refractivity contribution in [2.24, 2.45) is 4.99 Å². The second-order valence-corrected chi connectivity index (χ2v) is 6.95. The van der Waals surface area contributed by atoms with Gasteiger partial charge in [-0.25, -0.2) is 0 Å². The molecule has 0 heterocycles. The first kappa shape index (κ1) is 16.3. The van der Waals surface area contributed by atoms with Crippen LogP contribution >= 0.6 is 15.9 Å². The molecule has 2 atom stereocenters. The first-order chi connectivity index (χ1) is 9.95. The third kappa shape index (κ3) is 4.71. The van der Waals surface area contributed by atoms with Gasteiger partial charge in [0.2, 0.25) is 0 Å².